The first kappa shape index (κ1) is 10.8. The first-order valence-electron chi connectivity index (χ1n) is 4.06. The van der Waals surface area contributed by atoms with Crippen LogP contribution >= 0.6 is 0 Å². The van der Waals surface area contributed by atoms with Crippen LogP contribution in [-0.2, 0) is 0 Å². The smallest absolute Gasteiger partial charge is 0.173 e. The lowest BCUT2D eigenvalue weighted by Crippen LogP contribution is -2.73. The van der Waals surface area contributed by atoms with Gasteiger partial charge in [-0.2, -0.15) is 0 Å². The molecule has 1 aliphatic rings. The zero-order valence-electron chi connectivity index (χ0n) is 7.09. The van der Waals surface area contributed by atoms with E-state index in [9.17, 15) is 15.3 Å². The Morgan fingerprint density at radius 3 is 2.31 bits per heavy atom. The van der Waals surface area contributed by atoms with E-state index < -0.39 is 30.1 Å². The molecule has 1 aliphatic carbocycles. The zero-order valence-corrected chi connectivity index (χ0v) is 7.09. The van der Waals surface area contributed by atoms with E-state index in [1.807, 2.05) is 0 Å². The van der Waals surface area contributed by atoms with Crippen LogP contribution < -0.4 is 5.73 Å². The molecule has 0 aromatic heterocycles. The summed E-state index contributed by atoms with van der Waals surface area (Å²) in [6, 6.07) is 0. The van der Waals surface area contributed by atoms with Crippen LogP contribution in [0.2, 0.25) is 0 Å². The zero-order chi connectivity index (χ0) is 10.3. The summed E-state index contributed by atoms with van der Waals surface area (Å²) in [7, 11) is 0. The molecule has 7 N–H and O–H groups in total. The minimum atomic E-state index is -2.38. The highest BCUT2D eigenvalue weighted by molar-refractivity contribution is 5.06. The van der Waals surface area contributed by atoms with E-state index in [0.717, 1.165) is 0 Å². The monoisotopic (exact) mass is 193 g/mol. The number of hydrogen-bond acceptors (Lipinski definition) is 6. The highest BCUT2D eigenvalue weighted by Crippen LogP contribution is 2.33. The maximum atomic E-state index is 9.60. The Kier molecular flexibility index (Phi) is 2.63. The summed E-state index contributed by atoms with van der Waals surface area (Å²) in [5.74, 6) is 0. The van der Waals surface area contributed by atoms with Gasteiger partial charge in [-0.1, -0.05) is 0 Å². The van der Waals surface area contributed by atoms with Gasteiger partial charge < -0.3 is 25.5 Å². The van der Waals surface area contributed by atoms with Gasteiger partial charge in [0.15, 0.2) is 5.72 Å². The Hall–Kier alpha value is -0.240. The summed E-state index contributed by atoms with van der Waals surface area (Å²) < 4.78 is 0. The van der Waals surface area contributed by atoms with Crippen LogP contribution in [0.3, 0.4) is 0 Å². The van der Waals surface area contributed by atoms with Crippen molar-refractivity contribution in [2.75, 3.05) is 6.61 Å². The number of rotatable bonds is 1. The lowest BCUT2D eigenvalue weighted by Gasteiger charge is -2.47. The van der Waals surface area contributed by atoms with Crippen molar-refractivity contribution in [2.24, 2.45) is 5.73 Å². The number of aliphatic hydroxyl groups is 5. The molecule has 1 saturated carbocycles. The van der Waals surface area contributed by atoms with E-state index in [0.29, 0.717) is 0 Å². The van der Waals surface area contributed by atoms with Gasteiger partial charge in [0.05, 0.1) is 12.7 Å². The van der Waals surface area contributed by atoms with Gasteiger partial charge in [-0.15, -0.1) is 0 Å². The van der Waals surface area contributed by atoms with Gasteiger partial charge in [0.1, 0.15) is 11.7 Å². The molecule has 6 heteroatoms. The predicted octanol–water partition coefficient (Wildman–Crippen LogP) is -3.13. The molecule has 78 valence electrons. The third kappa shape index (κ3) is 1.45. The third-order valence-electron chi connectivity index (χ3n) is 2.68. The fourth-order valence-electron chi connectivity index (χ4n) is 1.52. The minimum absolute atomic E-state index is 0.0608. The minimum Gasteiger partial charge on any atom is -0.393 e. The van der Waals surface area contributed by atoms with Crippen molar-refractivity contribution < 1.29 is 25.5 Å². The molecule has 0 amide bonds. The molecule has 0 spiro atoms. The molecule has 6 nitrogen and oxygen atoms in total. The lowest BCUT2D eigenvalue weighted by molar-refractivity contribution is -0.257. The first-order valence-corrected chi connectivity index (χ1v) is 4.06. The molecule has 1 rings (SSSR count). The number of aliphatic hydroxyl groups excluding tert-OH is 3. The van der Waals surface area contributed by atoms with Crippen molar-refractivity contribution in [3.63, 3.8) is 0 Å². The molecule has 0 radical (unpaired) electrons. The van der Waals surface area contributed by atoms with Crippen LogP contribution in [0.15, 0.2) is 0 Å². The van der Waals surface area contributed by atoms with E-state index in [1.54, 1.807) is 0 Å². The highest BCUT2D eigenvalue weighted by Gasteiger charge is 2.56. The summed E-state index contributed by atoms with van der Waals surface area (Å²) >= 11 is 0. The van der Waals surface area contributed by atoms with Crippen LogP contribution in [0, 0.1) is 0 Å². The second-order valence-electron chi connectivity index (χ2n) is 3.57. The average molecular weight is 193 g/mol. The van der Waals surface area contributed by atoms with Gasteiger partial charge in [0.25, 0.3) is 0 Å². The quantitative estimate of drug-likeness (QED) is 0.244. The maximum absolute atomic E-state index is 9.60. The van der Waals surface area contributed by atoms with Crippen molar-refractivity contribution >= 4 is 0 Å². The van der Waals surface area contributed by atoms with E-state index >= 15 is 0 Å². The van der Waals surface area contributed by atoms with Crippen molar-refractivity contribution in [3.05, 3.63) is 0 Å². The van der Waals surface area contributed by atoms with E-state index in [4.69, 9.17) is 15.9 Å². The Morgan fingerprint density at radius 2 is 1.85 bits per heavy atom. The lowest BCUT2D eigenvalue weighted by atomic mass is 9.75. The number of hydrogen-bond donors (Lipinski definition) is 6. The first-order chi connectivity index (χ1) is 5.85. The van der Waals surface area contributed by atoms with Gasteiger partial charge in [0.2, 0.25) is 0 Å². The van der Waals surface area contributed by atoms with Crippen LogP contribution in [0.5, 0.6) is 0 Å². The van der Waals surface area contributed by atoms with Crippen LogP contribution in [0.25, 0.3) is 0 Å². The molecule has 0 aromatic carbocycles. The van der Waals surface area contributed by atoms with Gasteiger partial charge in [-0.25, -0.2) is 0 Å². The van der Waals surface area contributed by atoms with Gasteiger partial charge in [-0.3, -0.25) is 5.73 Å². The second kappa shape index (κ2) is 3.16. The summed E-state index contributed by atoms with van der Waals surface area (Å²) in [6.07, 6.45) is -2.81. The largest absolute Gasteiger partial charge is 0.393 e. The standard InChI is InChI=1S/C7H15NO5/c8-7(13)5(11)4(10)1-2-6(7,12)3-9/h4-5,9-13H,1-3,8H2. The average Bonchev–Trinajstić information content (AvgIpc) is 2.09. The molecule has 4 atom stereocenters. The fraction of sp³-hybridized carbons (Fsp3) is 1.00. The third-order valence-corrected chi connectivity index (χ3v) is 2.68. The van der Waals surface area contributed by atoms with Gasteiger partial charge in [0, 0.05) is 0 Å². The summed E-state index contributed by atoms with van der Waals surface area (Å²) in [5.41, 5.74) is 0.908. The second-order valence-corrected chi connectivity index (χ2v) is 3.57. The molecule has 0 heterocycles. The summed E-state index contributed by atoms with van der Waals surface area (Å²) in [4.78, 5) is 0. The van der Waals surface area contributed by atoms with Gasteiger partial charge >= 0.3 is 0 Å². The van der Waals surface area contributed by atoms with Crippen LogP contribution in [0.4, 0.5) is 0 Å². The van der Waals surface area contributed by atoms with Crippen molar-refractivity contribution in [1.29, 1.82) is 0 Å². The molecule has 0 saturated heterocycles. The van der Waals surface area contributed by atoms with Crippen LogP contribution in [0.1, 0.15) is 12.8 Å². The van der Waals surface area contributed by atoms with Crippen molar-refractivity contribution in [1.82, 2.24) is 0 Å². The van der Waals surface area contributed by atoms with E-state index in [1.165, 1.54) is 0 Å². The fourth-order valence-corrected chi connectivity index (χ4v) is 1.52. The molecular formula is C7H15NO5. The molecule has 13 heavy (non-hydrogen) atoms. The molecule has 0 aromatic rings. The van der Waals surface area contributed by atoms with Gasteiger partial charge in [-0.05, 0) is 12.8 Å². The topological polar surface area (TPSA) is 127 Å². The summed E-state index contributed by atoms with van der Waals surface area (Å²) in [6.45, 7) is -0.760. The van der Waals surface area contributed by atoms with Crippen molar-refractivity contribution in [2.45, 2.75) is 36.4 Å². The number of nitrogens with two attached hydrogens (primary N) is 1. The molecule has 0 aliphatic heterocycles. The Bertz CT molecular complexity index is 197. The molecule has 4 unspecified atom stereocenters. The van der Waals surface area contributed by atoms with E-state index in [2.05, 4.69) is 0 Å². The highest BCUT2D eigenvalue weighted by atomic mass is 16.4. The normalized spacial score (nSPS) is 52.2. The molecule has 0 bridgehead atoms. The summed E-state index contributed by atoms with van der Waals surface area (Å²) in [5, 5.41) is 46.3. The SMILES string of the molecule is NC1(O)C(O)C(O)CCC1(O)CO. The van der Waals surface area contributed by atoms with Crippen molar-refractivity contribution in [3.8, 4) is 0 Å². The maximum Gasteiger partial charge on any atom is 0.173 e. The Balaban J connectivity index is 2.92. The Labute approximate surface area is 75.2 Å². The van der Waals surface area contributed by atoms with Crippen LogP contribution in [-0.4, -0.2) is 55.7 Å². The Morgan fingerprint density at radius 1 is 1.31 bits per heavy atom. The predicted molar refractivity (Wildman–Crippen MR) is 42.4 cm³/mol. The van der Waals surface area contributed by atoms with E-state index in [-0.39, 0.29) is 12.8 Å². The molecular weight excluding hydrogens is 178 g/mol. The molecule has 1 fully saturated rings.